The molecule has 0 heterocycles. The number of rotatable bonds is 11. The zero-order valence-electron chi connectivity index (χ0n) is 21.2. The van der Waals surface area contributed by atoms with Crippen LogP contribution in [-0.4, -0.2) is 24.2 Å². The van der Waals surface area contributed by atoms with Crippen LogP contribution in [0.2, 0.25) is 0 Å². The average Bonchev–Trinajstić information content (AvgIpc) is 2.96. The molecule has 0 aliphatic heterocycles. The Bertz CT molecular complexity index is 1530. The van der Waals surface area contributed by atoms with E-state index >= 15 is 0 Å². The summed E-state index contributed by atoms with van der Waals surface area (Å²) in [6.45, 7) is 0.535. The van der Waals surface area contributed by atoms with E-state index in [1.807, 2.05) is 36.4 Å². The molecule has 0 aliphatic rings. The first-order valence-electron chi connectivity index (χ1n) is 11.9. The number of carbonyl (C=O) groups is 1. The number of carbonyl (C=O) groups excluding carboxylic acids is 1. The summed E-state index contributed by atoms with van der Waals surface area (Å²) >= 11 is 6.94. The summed E-state index contributed by atoms with van der Waals surface area (Å²) in [6.07, 6.45) is 1.47. The number of nitro benzene ring substituents is 1. The molecule has 40 heavy (non-hydrogen) atoms. The van der Waals surface area contributed by atoms with E-state index in [4.69, 9.17) is 14.2 Å². The summed E-state index contributed by atoms with van der Waals surface area (Å²) in [5, 5.41) is 15.0. The van der Waals surface area contributed by atoms with Gasteiger partial charge in [0.25, 0.3) is 11.6 Å². The molecule has 0 radical (unpaired) electrons. The van der Waals surface area contributed by atoms with Gasteiger partial charge in [-0.15, -0.1) is 0 Å². The largest absolute Gasteiger partial charge is 0.493 e. The Morgan fingerprint density at radius 2 is 1.62 bits per heavy atom. The lowest BCUT2D eigenvalue weighted by Crippen LogP contribution is -2.17. The monoisotopic (exact) mass is 667 g/mol. The Balaban J connectivity index is 1.42. The molecule has 0 saturated carbocycles. The summed E-state index contributed by atoms with van der Waals surface area (Å²) in [7, 11) is 1.51. The number of non-ortho nitro benzene ring substituents is 1. The molecular weight excluding hydrogens is 646 g/mol. The molecule has 0 aliphatic carbocycles. The summed E-state index contributed by atoms with van der Waals surface area (Å²) in [5.74, 6) is 0.985. The predicted molar refractivity (Wildman–Crippen MR) is 158 cm³/mol. The fourth-order valence-corrected chi connectivity index (χ4v) is 4.96. The van der Waals surface area contributed by atoms with Crippen LogP contribution in [0.1, 0.15) is 27.0 Å². The fraction of sp³-hybridized carbons (Fsp3) is 0.103. The van der Waals surface area contributed by atoms with Gasteiger partial charge >= 0.3 is 0 Å². The minimum absolute atomic E-state index is 0.00380. The van der Waals surface area contributed by atoms with E-state index in [1.165, 1.54) is 25.5 Å². The van der Waals surface area contributed by atoms with Crippen LogP contribution in [0.4, 0.5) is 5.69 Å². The molecule has 0 fully saturated rings. The van der Waals surface area contributed by atoms with Crippen molar-refractivity contribution in [1.82, 2.24) is 5.43 Å². The van der Waals surface area contributed by atoms with Crippen LogP contribution < -0.4 is 19.6 Å². The molecule has 204 valence electrons. The highest BCUT2D eigenvalue weighted by molar-refractivity contribution is 9.11. The number of methoxy groups -OCH3 is 1. The minimum Gasteiger partial charge on any atom is -0.493 e. The molecule has 4 aromatic carbocycles. The van der Waals surface area contributed by atoms with Gasteiger partial charge in [0.15, 0.2) is 11.5 Å². The summed E-state index contributed by atoms with van der Waals surface area (Å²) in [4.78, 5) is 23.2. The number of halogens is 2. The molecular formula is C29H23Br2N3O6. The van der Waals surface area contributed by atoms with Gasteiger partial charge in [-0.1, -0.05) is 46.3 Å². The van der Waals surface area contributed by atoms with Crippen LogP contribution in [0, 0.1) is 10.1 Å². The molecule has 11 heteroatoms. The highest BCUT2D eigenvalue weighted by Crippen LogP contribution is 2.33. The predicted octanol–water partition coefficient (Wildman–Crippen LogP) is 7.05. The Morgan fingerprint density at radius 1 is 0.925 bits per heavy atom. The molecule has 0 unspecified atom stereocenters. The van der Waals surface area contributed by atoms with Crippen LogP contribution in [0.3, 0.4) is 0 Å². The number of nitrogens with zero attached hydrogens (tertiary/aromatic N) is 2. The van der Waals surface area contributed by atoms with Gasteiger partial charge < -0.3 is 14.2 Å². The summed E-state index contributed by atoms with van der Waals surface area (Å²) < 4.78 is 18.7. The maximum atomic E-state index is 12.8. The lowest BCUT2D eigenvalue weighted by atomic mass is 10.2. The van der Waals surface area contributed by atoms with Crippen LogP contribution in [0.15, 0.2) is 99.0 Å². The molecule has 1 amide bonds. The van der Waals surface area contributed by atoms with Gasteiger partial charge in [0.1, 0.15) is 19.0 Å². The third kappa shape index (κ3) is 7.67. The number of hydrazone groups is 1. The van der Waals surface area contributed by atoms with E-state index in [9.17, 15) is 14.9 Å². The molecule has 0 saturated heterocycles. The molecule has 4 rings (SSSR count). The maximum absolute atomic E-state index is 12.8. The second-order valence-electron chi connectivity index (χ2n) is 8.36. The smallest absolute Gasteiger partial charge is 0.271 e. The zero-order valence-corrected chi connectivity index (χ0v) is 24.3. The van der Waals surface area contributed by atoms with Gasteiger partial charge in [-0.3, -0.25) is 14.9 Å². The van der Waals surface area contributed by atoms with Crippen molar-refractivity contribution in [2.75, 3.05) is 7.11 Å². The third-order valence-corrected chi connectivity index (χ3v) is 6.65. The first-order valence-corrected chi connectivity index (χ1v) is 13.5. The number of benzene rings is 4. The second kappa shape index (κ2) is 13.7. The van der Waals surface area contributed by atoms with Crippen molar-refractivity contribution in [3.63, 3.8) is 0 Å². The first kappa shape index (κ1) is 28.8. The Kier molecular flexibility index (Phi) is 9.87. The molecule has 4 aromatic rings. The quantitative estimate of drug-likeness (QED) is 0.104. The van der Waals surface area contributed by atoms with Crippen LogP contribution in [0.25, 0.3) is 0 Å². The molecule has 0 bridgehead atoms. The maximum Gasteiger partial charge on any atom is 0.271 e. The van der Waals surface area contributed by atoms with Crippen molar-refractivity contribution in [3.8, 4) is 17.2 Å². The van der Waals surface area contributed by atoms with Crippen molar-refractivity contribution < 1.29 is 23.9 Å². The van der Waals surface area contributed by atoms with Gasteiger partial charge in [0.05, 0.1) is 22.7 Å². The van der Waals surface area contributed by atoms with E-state index in [-0.39, 0.29) is 12.3 Å². The van der Waals surface area contributed by atoms with Crippen LogP contribution in [-0.2, 0) is 13.2 Å². The number of nitro groups is 1. The van der Waals surface area contributed by atoms with Crippen molar-refractivity contribution in [2.45, 2.75) is 13.2 Å². The second-order valence-corrected chi connectivity index (χ2v) is 10.1. The number of nitrogens with one attached hydrogen (secondary N) is 1. The fourth-order valence-electron chi connectivity index (χ4n) is 3.59. The lowest BCUT2D eigenvalue weighted by molar-refractivity contribution is -0.384. The highest BCUT2D eigenvalue weighted by Gasteiger charge is 2.13. The molecule has 0 spiro atoms. The highest BCUT2D eigenvalue weighted by atomic mass is 79.9. The normalized spacial score (nSPS) is 10.8. The number of ether oxygens (including phenoxy) is 3. The molecule has 1 N–H and O–H groups in total. The number of hydrogen-bond donors (Lipinski definition) is 1. The van der Waals surface area contributed by atoms with Crippen molar-refractivity contribution in [3.05, 3.63) is 126 Å². The lowest BCUT2D eigenvalue weighted by Gasteiger charge is -2.12. The van der Waals surface area contributed by atoms with Crippen molar-refractivity contribution in [2.24, 2.45) is 5.10 Å². The standard InChI is InChI=1S/C29H23Br2N3O6/c1-38-27-14-21(9-12-26(27)39-17-19-5-3-2-4-6-19)29(35)33-32-16-22-13-23(30)15-25(31)28(22)40-18-20-7-10-24(11-8-20)34(36)37/h2-16H,17-18H2,1H3,(H,33,35)/b32-16+. The Labute approximate surface area is 247 Å². The third-order valence-electron chi connectivity index (χ3n) is 5.60. The first-order chi connectivity index (χ1) is 19.3. The topological polar surface area (TPSA) is 112 Å². The van der Waals surface area contributed by atoms with E-state index < -0.39 is 10.8 Å². The molecule has 0 atom stereocenters. The van der Waals surface area contributed by atoms with Crippen LogP contribution in [0.5, 0.6) is 17.2 Å². The van der Waals surface area contributed by atoms with Gasteiger partial charge in [0.2, 0.25) is 0 Å². The van der Waals surface area contributed by atoms with E-state index in [2.05, 4.69) is 42.4 Å². The van der Waals surface area contributed by atoms with Crippen molar-refractivity contribution >= 4 is 49.7 Å². The van der Waals surface area contributed by atoms with E-state index in [1.54, 1.807) is 36.4 Å². The van der Waals surface area contributed by atoms with E-state index in [0.717, 1.165) is 15.6 Å². The van der Waals surface area contributed by atoms with Gasteiger partial charge in [-0.05, 0) is 69.5 Å². The Hall–Kier alpha value is -4.22. The molecule has 9 nitrogen and oxygen atoms in total. The summed E-state index contributed by atoms with van der Waals surface area (Å²) in [6, 6.07) is 24.3. The van der Waals surface area contributed by atoms with Gasteiger partial charge in [-0.25, -0.2) is 5.43 Å². The SMILES string of the molecule is COc1cc(C(=O)N/N=C/c2cc(Br)cc(Br)c2OCc2ccc([N+](=O)[O-])cc2)ccc1OCc1ccccc1. The van der Waals surface area contributed by atoms with Gasteiger partial charge in [-0.2, -0.15) is 5.10 Å². The Morgan fingerprint density at radius 3 is 2.33 bits per heavy atom. The molecule has 0 aromatic heterocycles. The summed E-state index contributed by atoms with van der Waals surface area (Å²) in [5.41, 5.74) is 5.21. The minimum atomic E-state index is -0.455. The van der Waals surface area contributed by atoms with Gasteiger partial charge in [0, 0.05) is 27.7 Å². The van der Waals surface area contributed by atoms with Crippen LogP contribution >= 0.6 is 31.9 Å². The zero-order chi connectivity index (χ0) is 28.5. The van der Waals surface area contributed by atoms with E-state index in [0.29, 0.717) is 39.5 Å². The average molecular weight is 669 g/mol. The number of amides is 1. The van der Waals surface area contributed by atoms with Crippen molar-refractivity contribution in [1.29, 1.82) is 0 Å². The number of hydrogen-bond acceptors (Lipinski definition) is 7.